The number of carbonyl (C=O) groups excluding carboxylic acids is 1. The van der Waals surface area contributed by atoms with Gasteiger partial charge in [-0.25, -0.2) is 4.98 Å². The minimum Gasteiger partial charge on any atom is -0.508 e. The summed E-state index contributed by atoms with van der Waals surface area (Å²) in [5.74, 6) is 0.361. The molecule has 1 aromatic carbocycles. The summed E-state index contributed by atoms with van der Waals surface area (Å²) in [4.78, 5) is 28.9. The van der Waals surface area contributed by atoms with Crippen molar-refractivity contribution in [3.63, 3.8) is 0 Å². The van der Waals surface area contributed by atoms with Gasteiger partial charge in [0.15, 0.2) is 0 Å². The topological polar surface area (TPSA) is 102 Å². The number of aliphatic hydroxyl groups excluding tert-OH is 1. The quantitative estimate of drug-likeness (QED) is 0.282. The highest BCUT2D eigenvalue weighted by Crippen LogP contribution is 2.38. The fourth-order valence-corrected chi connectivity index (χ4v) is 4.28. The van der Waals surface area contributed by atoms with Crippen molar-refractivity contribution >= 4 is 17.4 Å². The van der Waals surface area contributed by atoms with E-state index in [0.717, 1.165) is 58.9 Å². The van der Waals surface area contributed by atoms with Gasteiger partial charge >= 0.3 is 0 Å². The van der Waals surface area contributed by atoms with E-state index >= 15 is 0 Å². The number of pyridine rings is 2. The molecule has 1 atom stereocenters. The number of benzene rings is 1. The van der Waals surface area contributed by atoms with Crippen LogP contribution in [-0.2, 0) is 29.1 Å². The van der Waals surface area contributed by atoms with E-state index in [1.807, 2.05) is 53.7 Å². The number of ether oxygens (including phenoxy) is 1. The van der Waals surface area contributed by atoms with E-state index in [1.165, 1.54) is 0 Å². The van der Waals surface area contributed by atoms with Gasteiger partial charge in [0.05, 0.1) is 29.0 Å². The number of aromatic nitrogens is 2. The number of nitrogens with zero attached hydrogens (tertiary/aromatic N) is 2. The molecule has 0 aliphatic carbocycles. The molecule has 3 heterocycles. The number of carbonyl (C=O) groups is 1. The summed E-state index contributed by atoms with van der Waals surface area (Å²) in [6, 6.07) is 7.21. The number of phenols is 1. The lowest BCUT2D eigenvalue weighted by atomic mass is 9.93. The minimum absolute atomic E-state index is 0.0253. The van der Waals surface area contributed by atoms with Crippen LogP contribution in [0.1, 0.15) is 96.9 Å². The maximum atomic E-state index is 13.3. The Morgan fingerprint density at radius 3 is 2.22 bits per heavy atom. The average Bonchev–Trinajstić information content (AvgIpc) is 3.33. The van der Waals surface area contributed by atoms with Crippen molar-refractivity contribution in [2.24, 2.45) is 0 Å². The second-order valence-corrected chi connectivity index (χ2v) is 7.54. The van der Waals surface area contributed by atoms with Crippen molar-refractivity contribution in [3.8, 4) is 17.1 Å². The van der Waals surface area contributed by atoms with Crippen LogP contribution in [0, 0.1) is 0 Å². The summed E-state index contributed by atoms with van der Waals surface area (Å²) < 4.78 is 6.68. The van der Waals surface area contributed by atoms with Gasteiger partial charge in [0.2, 0.25) is 0 Å². The van der Waals surface area contributed by atoms with Gasteiger partial charge in [0.1, 0.15) is 12.4 Å². The first-order valence-electron chi connectivity index (χ1n) is 13.4. The maximum absolute atomic E-state index is 13.3. The second-order valence-electron chi connectivity index (χ2n) is 7.54. The van der Waals surface area contributed by atoms with Crippen LogP contribution in [0.4, 0.5) is 0 Å². The zero-order chi connectivity index (χ0) is 28.7. The van der Waals surface area contributed by atoms with E-state index in [0.29, 0.717) is 18.6 Å². The molecule has 206 valence electrons. The second kappa shape index (κ2) is 17.3. The van der Waals surface area contributed by atoms with E-state index in [2.05, 4.69) is 20.8 Å². The SMILES string of the molecule is CC.CC.CC.CCc1c2c(nc3ccc(O)cc13)-c1cc([C@H](C)CC)c(COC=O)c(=O)n1C2.CO. The van der Waals surface area contributed by atoms with Gasteiger partial charge in [-0.05, 0) is 54.2 Å². The predicted octanol–water partition coefficient (Wildman–Crippen LogP) is 6.57. The van der Waals surface area contributed by atoms with Crippen molar-refractivity contribution in [2.45, 2.75) is 94.2 Å². The van der Waals surface area contributed by atoms with Crippen LogP contribution < -0.4 is 5.56 Å². The molecule has 0 unspecified atom stereocenters. The highest BCUT2D eigenvalue weighted by atomic mass is 16.5. The van der Waals surface area contributed by atoms with Crippen LogP contribution in [0.25, 0.3) is 22.3 Å². The fourth-order valence-electron chi connectivity index (χ4n) is 4.28. The van der Waals surface area contributed by atoms with Crippen LogP contribution in [0.3, 0.4) is 0 Å². The lowest BCUT2D eigenvalue weighted by Crippen LogP contribution is -2.26. The zero-order valence-corrected chi connectivity index (χ0v) is 24.3. The van der Waals surface area contributed by atoms with Crippen molar-refractivity contribution in [1.82, 2.24) is 9.55 Å². The van der Waals surface area contributed by atoms with Gasteiger partial charge in [0, 0.05) is 18.1 Å². The molecule has 0 saturated carbocycles. The monoisotopic (exact) mass is 514 g/mol. The molecule has 0 radical (unpaired) electrons. The van der Waals surface area contributed by atoms with Gasteiger partial charge in [0.25, 0.3) is 12.0 Å². The Kier molecular flexibility index (Phi) is 15.8. The number of aromatic hydroxyl groups is 1. The van der Waals surface area contributed by atoms with Crippen molar-refractivity contribution in [1.29, 1.82) is 0 Å². The molecular formula is C30H46N2O5. The van der Waals surface area contributed by atoms with E-state index < -0.39 is 0 Å². The Balaban J connectivity index is 0.00000148. The zero-order valence-electron chi connectivity index (χ0n) is 24.3. The van der Waals surface area contributed by atoms with E-state index in [9.17, 15) is 14.7 Å². The van der Waals surface area contributed by atoms with Crippen molar-refractivity contribution < 1.29 is 19.7 Å². The van der Waals surface area contributed by atoms with Crippen LogP contribution in [0.15, 0.2) is 29.1 Å². The van der Waals surface area contributed by atoms with Crippen LogP contribution >= 0.6 is 0 Å². The molecule has 0 fully saturated rings. The van der Waals surface area contributed by atoms with Crippen LogP contribution in [0.5, 0.6) is 5.75 Å². The summed E-state index contributed by atoms with van der Waals surface area (Å²) in [5, 5.41) is 17.8. The predicted molar refractivity (Wildman–Crippen MR) is 153 cm³/mol. The van der Waals surface area contributed by atoms with Gasteiger partial charge in [-0.1, -0.05) is 62.3 Å². The highest BCUT2D eigenvalue weighted by Gasteiger charge is 2.28. The van der Waals surface area contributed by atoms with Crippen LogP contribution in [-0.4, -0.2) is 33.3 Å². The van der Waals surface area contributed by atoms with E-state index in [1.54, 1.807) is 16.7 Å². The third-order valence-corrected chi connectivity index (χ3v) is 5.97. The van der Waals surface area contributed by atoms with E-state index in [4.69, 9.17) is 14.8 Å². The molecule has 2 aromatic heterocycles. The Hall–Kier alpha value is -3.19. The number of fused-ring (bicyclic) bond motifs is 4. The number of hydrogen-bond acceptors (Lipinski definition) is 6. The summed E-state index contributed by atoms with van der Waals surface area (Å²) in [7, 11) is 1.00. The standard InChI is InChI=1S/C23H24N2O4.3C2H6.CH4O/c1-4-13(3)16-9-21-22-18(10-25(21)23(28)19(16)11-29-12-26)15(5-2)17-8-14(27)6-7-20(17)24-22;4*1-2/h6-9,12-13,27H,4-5,10-11H2,1-3H3;3*1-2H3;2H,1H3/t13-;;;;/m1..../s1. The number of phenolic OH excluding ortho intramolecular Hbond substituents is 1. The molecule has 0 spiro atoms. The molecule has 0 bridgehead atoms. The van der Waals surface area contributed by atoms with Gasteiger partial charge in [-0.3, -0.25) is 9.59 Å². The molecule has 1 aliphatic rings. The molecule has 4 rings (SSSR count). The van der Waals surface area contributed by atoms with Crippen LogP contribution in [0.2, 0.25) is 0 Å². The first-order valence-corrected chi connectivity index (χ1v) is 13.4. The Morgan fingerprint density at radius 1 is 1.05 bits per heavy atom. The summed E-state index contributed by atoms with van der Waals surface area (Å²) in [5.41, 5.74) is 5.85. The molecule has 7 heteroatoms. The molecule has 1 aliphatic heterocycles. The normalized spacial score (nSPS) is 11.0. The minimum atomic E-state index is -0.133. The number of aryl methyl sites for hydroxylation is 1. The molecule has 0 saturated heterocycles. The number of aliphatic hydroxyl groups is 1. The van der Waals surface area contributed by atoms with Gasteiger partial charge in [-0.15, -0.1) is 0 Å². The average molecular weight is 515 g/mol. The summed E-state index contributed by atoms with van der Waals surface area (Å²) in [6.45, 7) is 19.0. The molecule has 7 nitrogen and oxygen atoms in total. The van der Waals surface area contributed by atoms with Gasteiger partial charge in [-0.2, -0.15) is 0 Å². The first-order chi connectivity index (χ1) is 18.0. The summed E-state index contributed by atoms with van der Waals surface area (Å²) in [6.07, 6.45) is 1.64. The Labute approximate surface area is 222 Å². The molecule has 3 aromatic rings. The van der Waals surface area contributed by atoms with Crippen molar-refractivity contribution in [2.75, 3.05) is 7.11 Å². The maximum Gasteiger partial charge on any atom is 0.293 e. The third kappa shape index (κ3) is 7.19. The number of hydrogen-bond donors (Lipinski definition) is 2. The highest BCUT2D eigenvalue weighted by molar-refractivity contribution is 5.89. The Bertz CT molecular complexity index is 1190. The smallest absolute Gasteiger partial charge is 0.293 e. The first kappa shape index (κ1) is 33.8. The molecular weight excluding hydrogens is 468 g/mol. The largest absolute Gasteiger partial charge is 0.508 e. The fraction of sp³-hybridized carbons (Fsp3) is 0.500. The molecule has 0 amide bonds. The lowest BCUT2D eigenvalue weighted by Gasteiger charge is -2.17. The molecule has 37 heavy (non-hydrogen) atoms. The molecule has 2 N–H and O–H groups in total. The third-order valence-electron chi connectivity index (χ3n) is 5.97. The summed E-state index contributed by atoms with van der Waals surface area (Å²) >= 11 is 0. The number of rotatable bonds is 6. The van der Waals surface area contributed by atoms with Gasteiger partial charge < -0.3 is 19.5 Å². The Morgan fingerprint density at radius 2 is 1.68 bits per heavy atom. The van der Waals surface area contributed by atoms with Crippen molar-refractivity contribution in [3.05, 3.63) is 56.9 Å². The van der Waals surface area contributed by atoms with E-state index in [-0.39, 0.29) is 23.8 Å². The lowest BCUT2D eigenvalue weighted by molar-refractivity contribution is -0.129.